The molecule has 0 aromatic carbocycles. The summed E-state index contributed by atoms with van der Waals surface area (Å²) >= 11 is 0. The van der Waals surface area contributed by atoms with Crippen molar-refractivity contribution in [3.05, 3.63) is 0 Å². The largest absolute Gasteiger partial charge is 2.00 e. The van der Waals surface area contributed by atoms with E-state index in [1.807, 2.05) is 0 Å². The van der Waals surface area contributed by atoms with Crippen molar-refractivity contribution in [3.63, 3.8) is 0 Å². The molecule has 0 spiro atoms. The maximum Gasteiger partial charge on any atom is 2.00 e. The first-order chi connectivity index (χ1) is 2.21. The average molecular weight is 150 g/mol. The third-order valence-electron chi connectivity index (χ3n) is 0.232. The molecule has 1 rings (SSSR count). The van der Waals surface area contributed by atoms with Crippen LogP contribution in [0.2, 0.25) is 0 Å². The van der Waals surface area contributed by atoms with Crippen LogP contribution in [0.4, 0.5) is 0 Å². The van der Waals surface area contributed by atoms with Gasteiger partial charge < -0.3 is 13.1 Å². The van der Waals surface area contributed by atoms with Gasteiger partial charge in [0.25, 0.3) is 0 Å². The van der Waals surface area contributed by atoms with Gasteiger partial charge in [0.2, 0.25) is 0 Å². The summed E-state index contributed by atoms with van der Waals surface area (Å²) in [4.78, 5) is 7.01. The maximum absolute atomic E-state index is 7.74. The Hall–Kier alpha value is 1.63. The average Bonchev–Trinajstić information content (AvgIpc) is 1.76. The van der Waals surface area contributed by atoms with Crippen LogP contribution < -0.4 is 0 Å². The first kappa shape index (κ1) is 11.4. The molecule has 1 fully saturated rings. The Balaban J connectivity index is -0.0000000312. The zero-order valence-electron chi connectivity index (χ0n) is 4.92. The third kappa shape index (κ3) is 5.50. The molecule has 1 aliphatic heterocycles. The monoisotopic (exact) mass is 150 g/mol. The molecule has 4 nitrogen and oxygen atoms in total. The second kappa shape index (κ2) is 3.62. The topological polar surface area (TPSA) is 65.5 Å². The molecule has 0 bridgehead atoms. The second-order valence-electron chi connectivity index (χ2n) is 0.715. The summed E-state index contributed by atoms with van der Waals surface area (Å²) < 4.78 is 0. The van der Waals surface area contributed by atoms with Crippen molar-refractivity contribution in [1.29, 1.82) is 0 Å². The van der Waals surface area contributed by atoms with Gasteiger partial charge in [0.05, 0.1) is 0 Å². The van der Waals surface area contributed by atoms with E-state index in [2.05, 4.69) is 9.78 Å². The van der Waals surface area contributed by atoms with Gasteiger partial charge in [-0.05, 0) is 0 Å². The standard InChI is InChI=1S/CH2O4.Al.Ca.5H/c2-1(3)4-5-1;;;;;;;/h2-3H;;;;;;;/q;;+2;;;;2*-1. The summed E-state index contributed by atoms with van der Waals surface area (Å²) in [5.41, 5.74) is 0. The Morgan fingerprint density at radius 1 is 1.29 bits per heavy atom. The van der Waals surface area contributed by atoms with Crippen LogP contribution in [0, 0.1) is 0 Å². The molecule has 0 aliphatic carbocycles. The van der Waals surface area contributed by atoms with Crippen LogP contribution in [0.25, 0.3) is 0 Å². The number of hydrogen-bond donors (Lipinski definition) is 2. The van der Waals surface area contributed by atoms with E-state index >= 15 is 0 Å². The molecule has 2 N–H and O–H groups in total. The van der Waals surface area contributed by atoms with Gasteiger partial charge in [-0.15, -0.1) is 9.78 Å². The van der Waals surface area contributed by atoms with Crippen molar-refractivity contribution in [2.24, 2.45) is 0 Å². The van der Waals surface area contributed by atoms with Crippen molar-refractivity contribution in [2.45, 2.75) is 6.16 Å². The minimum Gasteiger partial charge on any atom is -1.00 e. The molecule has 0 aromatic heterocycles. The Morgan fingerprint density at radius 2 is 1.43 bits per heavy atom. The Labute approximate surface area is 83.4 Å². The zero-order chi connectivity index (χ0) is 3.91. The molecule has 1 heterocycles. The van der Waals surface area contributed by atoms with Crippen LogP contribution in [0.3, 0.4) is 0 Å². The fraction of sp³-hybridized carbons (Fsp3) is 1.00. The molecular weight excluding hydrogens is 143 g/mol. The fourth-order valence-corrected chi connectivity index (χ4v) is 0.0373. The smallest absolute Gasteiger partial charge is 1.00 e. The van der Waals surface area contributed by atoms with E-state index in [1.165, 1.54) is 0 Å². The van der Waals surface area contributed by atoms with E-state index in [-0.39, 0.29) is 58.0 Å². The van der Waals surface area contributed by atoms with E-state index in [0.717, 1.165) is 0 Å². The minimum atomic E-state index is -2.25. The van der Waals surface area contributed by atoms with Gasteiger partial charge in [-0.1, -0.05) is 0 Å². The Bertz CT molecular complexity index is 56.5. The molecule has 40 valence electrons. The van der Waals surface area contributed by atoms with Gasteiger partial charge >= 0.3 is 43.9 Å². The van der Waals surface area contributed by atoms with Gasteiger partial charge in [-0.2, -0.15) is 0 Å². The van der Waals surface area contributed by atoms with Crippen LogP contribution in [-0.2, 0) is 9.78 Å². The molecule has 0 radical (unpaired) electrons. The Kier molecular flexibility index (Phi) is 5.91. The van der Waals surface area contributed by atoms with Crippen molar-refractivity contribution in [2.75, 3.05) is 0 Å². The van der Waals surface area contributed by atoms with Crippen molar-refractivity contribution in [1.82, 2.24) is 0 Å². The van der Waals surface area contributed by atoms with Crippen LogP contribution in [0.5, 0.6) is 0 Å². The predicted octanol–water partition coefficient (Wildman–Crippen LogP) is -2.80. The molecular formula is CH7AlCaO4. The van der Waals surface area contributed by atoms with E-state index < -0.39 is 6.16 Å². The predicted molar refractivity (Wildman–Crippen MR) is 27.3 cm³/mol. The van der Waals surface area contributed by atoms with Gasteiger partial charge in [0.15, 0.2) is 17.4 Å². The van der Waals surface area contributed by atoms with Crippen LogP contribution in [-0.4, -0.2) is 71.5 Å². The number of rotatable bonds is 0. The summed E-state index contributed by atoms with van der Waals surface area (Å²) in [7, 11) is 0. The van der Waals surface area contributed by atoms with Crippen molar-refractivity contribution >= 4 is 55.1 Å². The molecule has 0 unspecified atom stereocenters. The summed E-state index contributed by atoms with van der Waals surface area (Å²) in [6, 6.07) is 0. The molecule has 0 aromatic rings. The molecule has 0 amide bonds. The number of hydrogen-bond acceptors (Lipinski definition) is 4. The molecule has 1 saturated heterocycles. The molecule has 7 heavy (non-hydrogen) atoms. The van der Waals surface area contributed by atoms with Gasteiger partial charge in [0, 0.05) is 0 Å². The SMILES string of the molecule is OC1(O)OO1.[AlH3].[Ca+2].[H-].[H-]. The summed E-state index contributed by atoms with van der Waals surface area (Å²) in [5, 5.41) is 15.5. The summed E-state index contributed by atoms with van der Waals surface area (Å²) in [5.74, 6) is 0. The van der Waals surface area contributed by atoms with E-state index in [0.29, 0.717) is 0 Å². The molecule has 0 atom stereocenters. The summed E-state index contributed by atoms with van der Waals surface area (Å²) in [6.07, 6.45) is -2.25. The minimum absolute atomic E-state index is 0. The normalized spacial score (nSPS) is 21.4. The fourth-order valence-electron chi connectivity index (χ4n) is 0.0373. The van der Waals surface area contributed by atoms with Crippen LogP contribution >= 0.6 is 0 Å². The third-order valence-corrected chi connectivity index (χ3v) is 0.232. The van der Waals surface area contributed by atoms with Crippen molar-refractivity contribution < 1.29 is 22.8 Å². The van der Waals surface area contributed by atoms with E-state index in [4.69, 9.17) is 10.2 Å². The quantitative estimate of drug-likeness (QED) is 0.169. The van der Waals surface area contributed by atoms with E-state index in [9.17, 15) is 0 Å². The van der Waals surface area contributed by atoms with Crippen LogP contribution in [0.1, 0.15) is 2.85 Å². The molecule has 6 heteroatoms. The van der Waals surface area contributed by atoms with Gasteiger partial charge in [-0.25, -0.2) is 0 Å². The second-order valence-corrected chi connectivity index (χ2v) is 0.715. The van der Waals surface area contributed by atoms with Crippen molar-refractivity contribution in [3.8, 4) is 0 Å². The van der Waals surface area contributed by atoms with Gasteiger partial charge in [-0.3, -0.25) is 0 Å². The first-order valence-electron chi connectivity index (χ1n) is 1.02. The molecule has 0 saturated carbocycles. The zero-order valence-corrected chi connectivity index (χ0v) is 5.13. The first-order valence-corrected chi connectivity index (χ1v) is 1.02. The molecule has 1 aliphatic rings. The summed E-state index contributed by atoms with van der Waals surface area (Å²) in [6.45, 7) is 0. The Morgan fingerprint density at radius 3 is 1.43 bits per heavy atom. The van der Waals surface area contributed by atoms with Crippen LogP contribution in [0.15, 0.2) is 0 Å². The van der Waals surface area contributed by atoms with E-state index in [1.54, 1.807) is 0 Å². The maximum atomic E-state index is 7.74. The van der Waals surface area contributed by atoms with Gasteiger partial charge in [0.1, 0.15) is 0 Å². The number of aliphatic hydroxyl groups is 2.